The van der Waals surface area contributed by atoms with Gasteiger partial charge in [0, 0.05) is 30.1 Å². The lowest BCUT2D eigenvalue weighted by atomic mass is 10.1. The Balaban J connectivity index is 3.02. The highest BCUT2D eigenvalue weighted by Gasteiger charge is 2.06. The van der Waals surface area contributed by atoms with Gasteiger partial charge in [-0.3, -0.25) is 0 Å². The molecule has 0 aromatic rings. The zero-order chi connectivity index (χ0) is 8.74. The van der Waals surface area contributed by atoms with Crippen molar-refractivity contribution in [1.29, 1.82) is 0 Å². The van der Waals surface area contributed by atoms with Crippen LogP contribution in [0.1, 0.15) is 20.8 Å². The number of thioether (sulfide) groups is 1. The highest BCUT2D eigenvalue weighted by Crippen LogP contribution is 2.00. The Kier molecular flexibility index (Phi) is 6.01. The minimum absolute atomic E-state index is 0.253. The Bertz CT molecular complexity index is 88.6. The standard InChI is InChI=1S/C8H20N2S/c1-8(2,3)10-5-7-11-6-4-9/h10H,4-7,9H2,1-3H3. The number of nitrogens with one attached hydrogen (secondary N) is 1. The van der Waals surface area contributed by atoms with E-state index in [1.165, 1.54) is 0 Å². The van der Waals surface area contributed by atoms with Crippen molar-refractivity contribution in [2.45, 2.75) is 26.3 Å². The van der Waals surface area contributed by atoms with Gasteiger partial charge in [-0.25, -0.2) is 0 Å². The normalized spacial score (nSPS) is 12.0. The van der Waals surface area contributed by atoms with E-state index < -0.39 is 0 Å². The first-order valence-corrected chi connectivity index (χ1v) is 5.24. The minimum atomic E-state index is 0.253. The van der Waals surface area contributed by atoms with Gasteiger partial charge in [0.05, 0.1) is 0 Å². The summed E-state index contributed by atoms with van der Waals surface area (Å²) < 4.78 is 0. The lowest BCUT2D eigenvalue weighted by Gasteiger charge is -2.20. The lowest BCUT2D eigenvalue weighted by molar-refractivity contribution is 0.441. The van der Waals surface area contributed by atoms with Gasteiger partial charge in [-0.15, -0.1) is 0 Å². The molecule has 3 heteroatoms. The average molecular weight is 176 g/mol. The van der Waals surface area contributed by atoms with Gasteiger partial charge in [0.2, 0.25) is 0 Å². The molecular formula is C8H20N2S. The van der Waals surface area contributed by atoms with Gasteiger partial charge in [0.25, 0.3) is 0 Å². The largest absolute Gasteiger partial charge is 0.330 e. The second-order valence-corrected chi connectivity index (χ2v) is 4.80. The predicted octanol–water partition coefficient (Wildman–Crippen LogP) is 1.07. The van der Waals surface area contributed by atoms with Crippen LogP contribution in [0.15, 0.2) is 0 Å². The Morgan fingerprint density at radius 2 is 1.91 bits per heavy atom. The van der Waals surface area contributed by atoms with E-state index in [-0.39, 0.29) is 5.54 Å². The molecule has 68 valence electrons. The third-order valence-electron chi connectivity index (χ3n) is 1.16. The van der Waals surface area contributed by atoms with Crippen molar-refractivity contribution >= 4 is 11.8 Å². The highest BCUT2D eigenvalue weighted by molar-refractivity contribution is 7.99. The zero-order valence-corrected chi connectivity index (χ0v) is 8.63. The smallest absolute Gasteiger partial charge is 0.00968 e. The molecule has 0 aliphatic rings. The fraction of sp³-hybridized carbons (Fsp3) is 1.00. The Morgan fingerprint density at radius 1 is 1.27 bits per heavy atom. The Morgan fingerprint density at radius 3 is 2.36 bits per heavy atom. The summed E-state index contributed by atoms with van der Waals surface area (Å²) in [6, 6.07) is 0. The van der Waals surface area contributed by atoms with Crippen molar-refractivity contribution in [1.82, 2.24) is 5.32 Å². The molecule has 0 bridgehead atoms. The van der Waals surface area contributed by atoms with Crippen LogP contribution in [-0.4, -0.2) is 30.1 Å². The third-order valence-corrected chi connectivity index (χ3v) is 2.18. The van der Waals surface area contributed by atoms with E-state index in [1.807, 2.05) is 11.8 Å². The summed E-state index contributed by atoms with van der Waals surface area (Å²) in [6.07, 6.45) is 0. The third kappa shape index (κ3) is 10.3. The van der Waals surface area contributed by atoms with Crippen LogP contribution >= 0.6 is 11.8 Å². The summed E-state index contributed by atoms with van der Waals surface area (Å²) in [5.41, 5.74) is 5.61. The molecule has 0 atom stereocenters. The molecule has 0 amide bonds. The Labute approximate surface area is 74.3 Å². The summed E-state index contributed by atoms with van der Waals surface area (Å²) in [6.45, 7) is 8.41. The number of hydrogen-bond acceptors (Lipinski definition) is 3. The molecular weight excluding hydrogens is 156 g/mol. The topological polar surface area (TPSA) is 38.0 Å². The molecule has 0 radical (unpaired) electrons. The molecule has 0 rings (SSSR count). The molecule has 0 spiro atoms. The van der Waals surface area contributed by atoms with Crippen LogP contribution < -0.4 is 11.1 Å². The number of nitrogens with two attached hydrogens (primary N) is 1. The monoisotopic (exact) mass is 176 g/mol. The molecule has 0 saturated carbocycles. The molecule has 11 heavy (non-hydrogen) atoms. The van der Waals surface area contributed by atoms with Crippen molar-refractivity contribution in [3.63, 3.8) is 0 Å². The van der Waals surface area contributed by atoms with Crippen molar-refractivity contribution < 1.29 is 0 Å². The maximum Gasteiger partial charge on any atom is 0.00968 e. The number of rotatable bonds is 5. The van der Waals surface area contributed by atoms with Crippen LogP contribution in [0.2, 0.25) is 0 Å². The van der Waals surface area contributed by atoms with Crippen LogP contribution in [0, 0.1) is 0 Å². The van der Waals surface area contributed by atoms with Gasteiger partial charge >= 0.3 is 0 Å². The van der Waals surface area contributed by atoms with Gasteiger partial charge in [-0.1, -0.05) is 0 Å². The van der Waals surface area contributed by atoms with Crippen molar-refractivity contribution in [3.05, 3.63) is 0 Å². The SMILES string of the molecule is CC(C)(C)NCCSCCN. The first-order chi connectivity index (χ1) is 5.06. The summed E-state index contributed by atoms with van der Waals surface area (Å²) in [5, 5.41) is 3.42. The van der Waals surface area contributed by atoms with Gasteiger partial charge < -0.3 is 11.1 Å². The number of hydrogen-bond donors (Lipinski definition) is 2. The summed E-state index contributed by atoms with van der Waals surface area (Å²) in [4.78, 5) is 0. The average Bonchev–Trinajstić information content (AvgIpc) is 1.85. The van der Waals surface area contributed by atoms with E-state index >= 15 is 0 Å². The van der Waals surface area contributed by atoms with E-state index in [0.29, 0.717) is 0 Å². The van der Waals surface area contributed by atoms with E-state index in [1.54, 1.807) is 0 Å². The van der Waals surface area contributed by atoms with Gasteiger partial charge in [-0.2, -0.15) is 11.8 Å². The molecule has 0 aliphatic heterocycles. The fourth-order valence-electron chi connectivity index (χ4n) is 0.684. The Hall–Kier alpha value is 0.270. The van der Waals surface area contributed by atoms with E-state index in [9.17, 15) is 0 Å². The molecule has 0 aromatic heterocycles. The van der Waals surface area contributed by atoms with Crippen LogP contribution in [0.4, 0.5) is 0 Å². The zero-order valence-electron chi connectivity index (χ0n) is 7.81. The van der Waals surface area contributed by atoms with Crippen molar-refractivity contribution in [2.24, 2.45) is 5.73 Å². The molecule has 0 fully saturated rings. The van der Waals surface area contributed by atoms with Crippen LogP contribution in [0.3, 0.4) is 0 Å². The molecule has 2 nitrogen and oxygen atoms in total. The van der Waals surface area contributed by atoms with E-state index in [4.69, 9.17) is 5.73 Å². The van der Waals surface area contributed by atoms with Gasteiger partial charge in [-0.05, 0) is 20.8 Å². The first kappa shape index (κ1) is 11.3. The second kappa shape index (κ2) is 5.86. The van der Waals surface area contributed by atoms with Gasteiger partial charge in [0.1, 0.15) is 0 Å². The van der Waals surface area contributed by atoms with E-state index in [2.05, 4.69) is 26.1 Å². The summed E-state index contributed by atoms with van der Waals surface area (Å²) in [7, 11) is 0. The fourth-order valence-corrected chi connectivity index (χ4v) is 1.30. The van der Waals surface area contributed by atoms with Crippen LogP contribution in [0.5, 0.6) is 0 Å². The first-order valence-electron chi connectivity index (χ1n) is 4.09. The molecule has 3 N–H and O–H groups in total. The van der Waals surface area contributed by atoms with Crippen LogP contribution in [-0.2, 0) is 0 Å². The van der Waals surface area contributed by atoms with Crippen LogP contribution in [0.25, 0.3) is 0 Å². The maximum absolute atomic E-state index is 5.36. The minimum Gasteiger partial charge on any atom is -0.330 e. The van der Waals surface area contributed by atoms with Crippen molar-refractivity contribution in [3.8, 4) is 0 Å². The maximum atomic E-state index is 5.36. The quantitative estimate of drug-likeness (QED) is 0.615. The highest BCUT2D eigenvalue weighted by atomic mass is 32.2. The molecule has 0 saturated heterocycles. The van der Waals surface area contributed by atoms with Crippen molar-refractivity contribution in [2.75, 3.05) is 24.6 Å². The molecule has 0 aliphatic carbocycles. The molecule has 0 heterocycles. The lowest BCUT2D eigenvalue weighted by Crippen LogP contribution is -2.37. The molecule has 0 unspecified atom stereocenters. The summed E-state index contributed by atoms with van der Waals surface area (Å²) >= 11 is 1.91. The molecule has 0 aromatic carbocycles. The second-order valence-electron chi connectivity index (χ2n) is 3.58. The van der Waals surface area contributed by atoms with E-state index in [0.717, 1.165) is 24.6 Å². The van der Waals surface area contributed by atoms with Gasteiger partial charge in [0.15, 0.2) is 0 Å². The summed E-state index contributed by atoms with van der Waals surface area (Å²) in [5.74, 6) is 2.24. The predicted molar refractivity (Wildman–Crippen MR) is 54.1 cm³/mol.